The summed E-state index contributed by atoms with van der Waals surface area (Å²) in [5, 5.41) is 0. The van der Waals surface area contributed by atoms with Gasteiger partial charge < -0.3 is 10.3 Å². The van der Waals surface area contributed by atoms with E-state index in [2.05, 4.69) is 31.0 Å². The number of hydrogen-bond donors (Lipinski definition) is 1. The fraction of sp³-hybridized carbons (Fsp3) is 0.214. The number of rotatable bonds is 2. The molecule has 3 nitrogen and oxygen atoms in total. The first kappa shape index (κ1) is 12.2. The van der Waals surface area contributed by atoms with Crippen LogP contribution in [0.4, 0.5) is 10.3 Å². The molecule has 1 unspecified atom stereocenters. The SMILES string of the molecule is Cc1ccc(C(C)n2c(N)nc3cc(F)ccc32)s1. The summed E-state index contributed by atoms with van der Waals surface area (Å²) in [7, 11) is 0. The minimum absolute atomic E-state index is 0.0918. The van der Waals surface area contributed by atoms with Crippen molar-refractivity contribution in [1.29, 1.82) is 0 Å². The molecule has 0 spiro atoms. The number of nitrogens with zero attached hydrogens (tertiary/aromatic N) is 2. The van der Waals surface area contributed by atoms with Gasteiger partial charge in [0.1, 0.15) is 5.82 Å². The van der Waals surface area contributed by atoms with Crippen LogP contribution in [0, 0.1) is 12.7 Å². The van der Waals surface area contributed by atoms with Gasteiger partial charge in [0.2, 0.25) is 5.95 Å². The number of imidazole rings is 1. The van der Waals surface area contributed by atoms with Crippen LogP contribution in [-0.4, -0.2) is 9.55 Å². The molecule has 0 fully saturated rings. The Morgan fingerprint density at radius 1 is 1.32 bits per heavy atom. The molecule has 1 atom stereocenters. The summed E-state index contributed by atoms with van der Waals surface area (Å²) in [6, 6.07) is 8.85. The molecule has 2 N–H and O–H groups in total. The van der Waals surface area contributed by atoms with E-state index in [9.17, 15) is 4.39 Å². The average molecular weight is 275 g/mol. The molecule has 0 amide bonds. The summed E-state index contributed by atoms with van der Waals surface area (Å²) in [6.45, 7) is 4.15. The van der Waals surface area contributed by atoms with Crippen LogP contribution < -0.4 is 5.73 Å². The van der Waals surface area contributed by atoms with E-state index in [-0.39, 0.29) is 11.9 Å². The molecule has 5 heteroatoms. The second-order valence-corrected chi connectivity index (χ2v) is 5.92. The molecule has 0 saturated carbocycles. The molecule has 0 radical (unpaired) electrons. The molecule has 0 bridgehead atoms. The maximum atomic E-state index is 13.2. The fourth-order valence-electron chi connectivity index (χ4n) is 2.30. The van der Waals surface area contributed by atoms with E-state index in [4.69, 9.17) is 5.73 Å². The third-order valence-electron chi connectivity index (χ3n) is 3.24. The standard InChI is InChI=1S/C14H14FN3S/c1-8-3-6-13(19-8)9(2)18-12-5-4-10(15)7-11(12)17-14(18)16/h3-7,9H,1-2H3,(H2,16,17). The Balaban J connectivity index is 2.16. The Bertz CT molecular complexity index is 744. The van der Waals surface area contributed by atoms with Crippen LogP contribution in [0.3, 0.4) is 0 Å². The first-order chi connectivity index (χ1) is 9.06. The lowest BCUT2D eigenvalue weighted by Gasteiger charge is -2.14. The molecule has 0 aliphatic carbocycles. The highest BCUT2D eigenvalue weighted by Crippen LogP contribution is 2.31. The number of hydrogen-bond acceptors (Lipinski definition) is 3. The highest BCUT2D eigenvalue weighted by atomic mass is 32.1. The van der Waals surface area contributed by atoms with Gasteiger partial charge in [0.05, 0.1) is 17.1 Å². The number of halogens is 1. The summed E-state index contributed by atoms with van der Waals surface area (Å²) in [6.07, 6.45) is 0. The summed E-state index contributed by atoms with van der Waals surface area (Å²) >= 11 is 1.74. The van der Waals surface area contributed by atoms with Gasteiger partial charge in [-0.3, -0.25) is 0 Å². The third-order valence-corrected chi connectivity index (χ3v) is 4.41. The van der Waals surface area contributed by atoms with Crippen molar-refractivity contribution < 1.29 is 4.39 Å². The Hall–Kier alpha value is -1.88. The number of aryl methyl sites for hydroxylation is 1. The van der Waals surface area contributed by atoms with Crippen LogP contribution in [0.5, 0.6) is 0 Å². The summed E-state index contributed by atoms with van der Waals surface area (Å²) in [5.74, 6) is 0.121. The highest BCUT2D eigenvalue weighted by molar-refractivity contribution is 7.12. The normalized spacial score (nSPS) is 13.0. The zero-order valence-electron chi connectivity index (χ0n) is 10.7. The lowest BCUT2D eigenvalue weighted by Crippen LogP contribution is -2.08. The maximum Gasteiger partial charge on any atom is 0.201 e. The van der Waals surface area contributed by atoms with E-state index in [1.807, 2.05) is 4.57 Å². The molecule has 0 aliphatic rings. The molecular formula is C14H14FN3S. The molecule has 0 saturated heterocycles. The summed E-state index contributed by atoms with van der Waals surface area (Å²) < 4.78 is 15.2. The number of benzene rings is 1. The first-order valence-electron chi connectivity index (χ1n) is 6.05. The highest BCUT2D eigenvalue weighted by Gasteiger charge is 2.17. The maximum absolute atomic E-state index is 13.2. The Labute approximate surface area is 114 Å². The summed E-state index contributed by atoms with van der Waals surface area (Å²) in [5.41, 5.74) is 7.44. The molecular weight excluding hydrogens is 261 g/mol. The second-order valence-electron chi connectivity index (χ2n) is 4.60. The van der Waals surface area contributed by atoms with Gasteiger partial charge in [0.15, 0.2) is 0 Å². The largest absolute Gasteiger partial charge is 0.369 e. The molecule has 2 aromatic heterocycles. The second kappa shape index (κ2) is 4.35. The van der Waals surface area contributed by atoms with Crippen molar-refractivity contribution in [2.24, 2.45) is 0 Å². The number of thiophene rings is 1. The van der Waals surface area contributed by atoms with Crippen LogP contribution in [0.25, 0.3) is 11.0 Å². The fourth-order valence-corrected chi connectivity index (χ4v) is 3.22. The molecule has 19 heavy (non-hydrogen) atoms. The Morgan fingerprint density at radius 2 is 2.11 bits per heavy atom. The lowest BCUT2D eigenvalue weighted by atomic mass is 10.2. The van der Waals surface area contributed by atoms with Crippen molar-refractivity contribution in [3.63, 3.8) is 0 Å². The monoisotopic (exact) mass is 275 g/mol. The minimum Gasteiger partial charge on any atom is -0.369 e. The smallest absolute Gasteiger partial charge is 0.201 e. The van der Waals surface area contributed by atoms with Crippen LogP contribution in [0.15, 0.2) is 30.3 Å². The number of nitrogen functional groups attached to an aromatic ring is 1. The molecule has 98 valence electrons. The van der Waals surface area contributed by atoms with Gasteiger partial charge in [-0.15, -0.1) is 11.3 Å². The predicted octanol–water partition coefficient (Wildman–Crippen LogP) is 3.74. The van der Waals surface area contributed by atoms with Crippen molar-refractivity contribution in [2.75, 3.05) is 5.73 Å². The van der Waals surface area contributed by atoms with Gasteiger partial charge in [-0.05, 0) is 38.1 Å². The van der Waals surface area contributed by atoms with Crippen LogP contribution in [0.1, 0.15) is 22.7 Å². The van der Waals surface area contributed by atoms with E-state index in [0.29, 0.717) is 11.5 Å². The number of anilines is 1. The number of aromatic nitrogens is 2. The zero-order valence-corrected chi connectivity index (χ0v) is 11.5. The quantitative estimate of drug-likeness (QED) is 0.774. The van der Waals surface area contributed by atoms with Gasteiger partial charge in [-0.1, -0.05) is 0 Å². The molecule has 3 rings (SSSR count). The topological polar surface area (TPSA) is 43.8 Å². The van der Waals surface area contributed by atoms with E-state index < -0.39 is 0 Å². The van der Waals surface area contributed by atoms with Crippen molar-refractivity contribution >= 4 is 28.3 Å². The first-order valence-corrected chi connectivity index (χ1v) is 6.87. The van der Waals surface area contributed by atoms with Crippen molar-refractivity contribution in [3.8, 4) is 0 Å². The third kappa shape index (κ3) is 2.00. The molecule has 0 aliphatic heterocycles. The lowest BCUT2D eigenvalue weighted by molar-refractivity contribution is 0.629. The van der Waals surface area contributed by atoms with Gasteiger partial charge in [-0.2, -0.15) is 0 Å². The van der Waals surface area contributed by atoms with Crippen LogP contribution in [-0.2, 0) is 0 Å². The zero-order chi connectivity index (χ0) is 13.6. The molecule has 1 aromatic carbocycles. The Morgan fingerprint density at radius 3 is 2.79 bits per heavy atom. The van der Waals surface area contributed by atoms with Crippen molar-refractivity contribution in [1.82, 2.24) is 9.55 Å². The van der Waals surface area contributed by atoms with Gasteiger partial charge in [-0.25, -0.2) is 9.37 Å². The van der Waals surface area contributed by atoms with Crippen molar-refractivity contribution in [3.05, 3.63) is 45.9 Å². The van der Waals surface area contributed by atoms with Crippen LogP contribution >= 0.6 is 11.3 Å². The number of fused-ring (bicyclic) bond motifs is 1. The van der Waals surface area contributed by atoms with Gasteiger partial charge >= 0.3 is 0 Å². The van der Waals surface area contributed by atoms with E-state index in [1.165, 1.54) is 21.9 Å². The molecule has 3 aromatic rings. The van der Waals surface area contributed by atoms with E-state index in [0.717, 1.165) is 5.52 Å². The molecule has 2 heterocycles. The average Bonchev–Trinajstić information content (AvgIpc) is 2.91. The van der Waals surface area contributed by atoms with Gasteiger partial charge in [0.25, 0.3) is 0 Å². The van der Waals surface area contributed by atoms with E-state index >= 15 is 0 Å². The van der Waals surface area contributed by atoms with Crippen LogP contribution in [0.2, 0.25) is 0 Å². The van der Waals surface area contributed by atoms with Crippen molar-refractivity contribution in [2.45, 2.75) is 19.9 Å². The Kier molecular flexibility index (Phi) is 2.78. The minimum atomic E-state index is -0.295. The van der Waals surface area contributed by atoms with Gasteiger partial charge in [0, 0.05) is 15.8 Å². The summed E-state index contributed by atoms with van der Waals surface area (Å²) in [4.78, 5) is 6.71. The number of nitrogens with two attached hydrogens (primary N) is 1. The van der Waals surface area contributed by atoms with E-state index in [1.54, 1.807) is 17.4 Å². The predicted molar refractivity (Wildman–Crippen MR) is 77.0 cm³/mol.